The van der Waals surface area contributed by atoms with E-state index in [1.165, 1.54) is 12.8 Å². The Hall–Kier alpha value is -2.14. The van der Waals surface area contributed by atoms with Crippen molar-refractivity contribution in [2.75, 3.05) is 0 Å². The highest BCUT2D eigenvalue weighted by Crippen LogP contribution is 2.31. The first-order valence-electron chi connectivity index (χ1n) is 9.34. The van der Waals surface area contributed by atoms with E-state index < -0.39 is 0 Å². The van der Waals surface area contributed by atoms with Gasteiger partial charge in [-0.3, -0.25) is 9.20 Å². The molecule has 2 aromatic heterocycles. The Labute approximate surface area is 158 Å². The van der Waals surface area contributed by atoms with Crippen molar-refractivity contribution < 1.29 is 4.79 Å². The summed E-state index contributed by atoms with van der Waals surface area (Å²) in [7, 11) is 0. The van der Waals surface area contributed by atoms with Crippen molar-refractivity contribution in [1.82, 2.24) is 14.7 Å². The van der Waals surface area contributed by atoms with Crippen LogP contribution >= 0.6 is 11.3 Å². The minimum atomic E-state index is -0.0527. The zero-order valence-corrected chi connectivity index (χ0v) is 16.2. The minimum Gasteiger partial charge on any atom is -0.351 e. The summed E-state index contributed by atoms with van der Waals surface area (Å²) >= 11 is 1.59. The predicted molar refractivity (Wildman–Crippen MR) is 106 cm³/mol. The topological polar surface area (TPSA) is 46.4 Å². The average molecular weight is 368 g/mol. The van der Waals surface area contributed by atoms with Crippen molar-refractivity contribution in [1.29, 1.82) is 0 Å². The third-order valence-corrected chi connectivity index (χ3v) is 6.40. The molecular formula is C21H25N3OS. The number of carbonyl (C=O) groups excluding carboxylic acids is 1. The van der Waals surface area contributed by atoms with E-state index in [4.69, 9.17) is 4.98 Å². The number of nitrogens with one attached hydrogen (secondary N) is 1. The Balaban J connectivity index is 1.49. The second-order valence-electron chi connectivity index (χ2n) is 7.84. The summed E-state index contributed by atoms with van der Waals surface area (Å²) in [4.78, 5) is 18.3. The van der Waals surface area contributed by atoms with E-state index in [0.29, 0.717) is 6.42 Å². The van der Waals surface area contributed by atoms with E-state index in [-0.39, 0.29) is 11.4 Å². The van der Waals surface area contributed by atoms with Crippen molar-refractivity contribution in [3.8, 4) is 11.3 Å². The number of benzene rings is 1. The van der Waals surface area contributed by atoms with E-state index in [0.717, 1.165) is 40.7 Å². The summed E-state index contributed by atoms with van der Waals surface area (Å²) in [6.45, 7) is 4.48. The molecule has 1 aliphatic rings. The third kappa shape index (κ3) is 3.54. The van der Waals surface area contributed by atoms with Gasteiger partial charge >= 0.3 is 0 Å². The van der Waals surface area contributed by atoms with Gasteiger partial charge in [-0.25, -0.2) is 4.98 Å². The number of amides is 1. The van der Waals surface area contributed by atoms with Gasteiger partial charge in [0.05, 0.1) is 12.1 Å². The number of rotatable bonds is 4. The summed E-state index contributed by atoms with van der Waals surface area (Å²) in [5.74, 6) is 0.885. The van der Waals surface area contributed by atoms with Crippen molar-refractivity contribution in [3.63, 3.8) is 0 Å². The van der Waals surface area contributed by atoms with Crippen LogP contribution in [0.2, 0.25) is 0 Å². The third-order valence-electron chi connectivity index (χ3n) is 5.51. The number of nitrogens with zero attached hydrogens (tertiary/aromatic N) is 2. The van der Waals surface area contributed by atoms with Crippen molar-refractivity contribution >= 4 is 22.2 Å². The minimum absolute atomic E-state index is 0.0527. The molecule has 4 nitrogen and oxygen atoms in total. The number of thiazole rings is 1. The first kappa shape index (κ1) is 17.3. The summed E-state index contributed by atoms with van der Waals surface area (Å²) < 4.78 is 2.05. The molecule has 0 radical (unpaired) electrons. The fraction of sp³-hybridized carbons (Fsp3) is 0.429. The first-order valence-corrected chi connectivity index (χ1v) is 10.2. The van der Waals surface area contributed by atoms with Gasteiger partial charge in [-0.05, 0) is 38.5 Å². The van der Waals surface area contributed by atoms with E-state index in [2.05, 4.69) is 35.7 Å². The summed E-state index contributed by atoms with van der Waals surface area (Å²) in [6, 6.07) is 10.2. The Morgan fingerprint density at radius 1 is 1.31 bits per heavy atom. The lowest BCUT2D eigenvalue weighted by Crippen LogP contribution is -2.48. The van der Waals surface area contributed by atoms with Gasteiger partial charge < -0.3 is 5.32 Å². The van der Waals surface area contributed by atoms with Gasteiger partial charge in [0.25, 0.3) is 0 Å². The molecule has 1 fully saturated rings. The van der Waals surface area contributed by atoms with Crippen LogP contribution in [0.5, 0.6) is 0 Å². The van der Waals surface area contributed by atoms with Gasteiger partial charge in [-0.15, -0.1) is 11.3 Å². The van der Waals surface area contributed by atoms with Crippen LogP contribution in [0, 0.1) is 5.92 Å². The van der Waals surface area contributed by atoms with Crippen molar-refractivity contribution in [2.24, 2.45) is 5.92 Å². The van der Waals surface area contributed by atoms with Crippen LogP contribution in [-0.4, -0.2) is 20.8 Å². The molecule has 136 valence electrons. The van der Waals surface area contributed by atoms with Gasteiger partial charge in [0.1, 0.15) is 0 Å². The molecule has 26 heavy (non-hydrogen) atoms. The SMILES string of the molecule is CC1CCC(C)(NC(=O)Cc2csc3nc(-c4ccccc4)cn23)CC1. The summed E-state index contributed by atoms with van der Waals surface area (Å²) in [5, 5.41) is 5.33. The van der Waals surface area contributed by atoms with Crippen LogP contribution in [0.3, 0.4) is 0 Å². The number of carbonyl (C=O) groups is 1. The van der Waals surface area contributed by atoms with E-state index in [1.54, 1.807) is 11.3 Å². The van der Waals surface area contributed by atoms with Crippen LogP contribution in [0.4, 0.5) is 0 Å². The van der Waals surface area contributed by atoms with Gasteiger partial charge in [-0.1, -0.05) is 37.3 Å². The maximum Gasteiger partial charge on any atom is 0.226 e. The second-order valence-corrected chi connectivity index (χ2v) is 8.68. The number of fused-ring (bicyclic) bond motifs is 1. The molecular weight excluding hydrogens is 342 g/mol. The van der Waals surface area contributed by atoms with Crippen LogP contribution in [0.1, 0.15) is 45.2 Å². The number of imidazole rings is 1. The van der Waals surface area contributed by atoms with E-state index in [1.807, 2.05) is 29.8 Å². The van der Waals surface area contributed by atoms with Gasteiger partial charge in [0, 0.05) is 28.4 Å². The van der Waals surface area contributed by atoms with Crippen LogP contribution in [0.25, 0.3) is 16.2 Å². The second kappa shape index (κ2) is 6.88. The summed E-state index contributed by atoms with van der Waals surface area (Å²) in [6.07, 6.45) is 6.97. The van der Waals surface area contributed by atoms with Crippen molar-refractivity contribution in [2.45, 2.75) is 51.5 Å². The molecule has 0 spiro atoms. The Bertz CT molecular complexity index is 904. The molecule has 1 amide bonds. The Morgan fingerprint density at radius 3 is 2.77 bits per heavy atom. The molecule has 1 aromatic carbocycles. The lowest BCUT2D eigenvalue weighted by molar-refractivity contribution is -0.122. The predicted octanol–water partition coefficient (Wildman–Crippen LogP) is 4.69. The number of hydrogen-bond donors (Lipinski definition) is 1. The quantitative estimate of drug-likeness (QED) is 0.727. The van der Waals surface area contributed by atoms with E-state index >= 15 is 0 Å². The molecule has 2 heterocycles. The maximum absolute atomic E-state index is 12.6. The summed E-state index contributed by atoms with van der Waals surface area (Å²) in [5.41, 5.74) is 3.00. The van der Waals surface area contributed by atoms with Gasteiger partial charge in [-0.2, -0.15) is 0 Å². The van der Waals surface area contributed by atoms with Gasteiger partial charge in [0.2, 0.25) is 5.91 Å². The molecule has 5 heteroatoms. The Morgan fingerprint density at radius 2 is 2.04 bits per heavy atom. The monoisotopic (exact) mass is 367 g/mol. The van der Waals surface area contributed by atoms with Gasteiger partial charge in [0.15, 0.2) is 4.96 Å². The molecule has 1 N–H and O–H groups in total. The zero-order valence-electron chi connectivity index (χ0n) is 15.4. The zero-order chi connectivity index (χ0) is 18.1. The normalized spacial score (nSPS) is 23.2. The molecule has 0 aliphatic heterocycles. The highest BCUT2D eigenvalue weighted by molar-refractivity contribution is 7.15. The molecule has 0 unspecified atom stereocenters. The van der Waals surface area contributed by atoms with Crippen molar-refractivity contribution in [3.05, 3.63) is 47.6 Å². The highest BCUT2D eigenvalue weighted by Gasteiger charge is 2.31. The lowest BCUT2D eigenvalue weighted by Gasteiger charge is -2.37. The Kier molecular flexibility index (Phi) is 4.57. The molecule has 0 saturated heterocycles. The van der Waals surface area contributed by atoms with Crippen LogP contribution < -0.4 is 5.32 Å². The molecule has 1 aliphatic carbocycles. The molecule has 0 bridgehead atoms. The lowest BCUT2D eigenvalue weighted by atomic mass is 9.78. The molecule has 1 saturated carbocycles. The smallest absolute Gasteiger partial charge is 0.226 e. The number of hydrogen-bond acceptors (Lipinski definition) is 3. The van der Waals surface area contributed by atoms with Crippen LogP contribution in [-0.2, 0) is 11.2 Å². The number of aromatic nitrogens is 2. The fourth-order valence-corrected chi connectivity index (χ4v) is 4.65. The fourth-order valence-electron chi connectivity index (χ4n) is 3.77. The largest absolute Gasteiger partial charge is 0.351 e. The van der Waals surface area contributed by atoms with E-state index in [9.17, 15) is 4.79 Å². The molecule has 4 rings (SSSR count). The molecule has 3 aromatic rings. The van der Waals surface area contributed by atoms with Crippen LogP contribution in [0.15, 0.2) is 41.9 Å². The average Bonchev–Trinajstić information content (AvgIpc) is 3.21. The molecule has 0 atom stereocenters. The maximum atomic E-state index is 12.6. The highest BCUT2D eigenvalue weighted by atomic mass is 32.1. The first-order chi connectivity index (χ1) is 12.5. The standard InChI is InChI=1S/C21H25N3OS/c1-15-8-10-21(2,11-9-15)23-19(25)12-17-14-26-20-22-18(13-24(17)20)16-6-4-3-5-7-16/h3-7,13-15H,8-12H2,1-2H3,(H,23,25).